The topological polar surface area (TPSA) is 97.4 Å². The molecule has 7 heteroatoms. The van der Waals surface area contributed by atoms with E-state index >= 15 is 0 Å². The molecule has 1 unspecified atom stereocenters. The molecule has 0 saturated carbocycles. The molecule has 0 fully saturated rings. The van der Waals surface area contributed by atoms with Crippen molar-refractivity contribution in [1.82, 2.24) is 5.32 Å². The molecule has 2 N–H and O–H groups in total. The van der Waals surface area contributed by atoms with Crippen molar-refractivity contribution in [3.63, 3.8) is 0 Å². The van der Waals surface area contributed by atoms with Crippen LogP contribution < -0.4 is 10.6 Å². The van der Waals surface area contributed by atoms with Crippen LogP contribution in [0.4, 0.5) is 16.2 Å². The molecule has 0 radical (unpaired) electrons. The molecule has 0 aliphatic carbocycles. The number of nitrogens with zero attached hydrogens (tertiary/aromatic N) is 1. The summed E-state index contributed by atoms with van der Waals surface area (Å²) in [5, 5.41) is 16.1. The second kappa shape index (κ2) is 6.30. The van der Waals surface area contributed by atoms with Crippen molar-refractivity contribution < 1.29 is 14.1 Å². The zero-order valence-electron chi connectivity index (χ0n) is 12.5. The Balaban J connectivity index is 2.05. The molecule has 2 rings (SSSR count). The molecule has 1 atom stereocenters. The number of nitro groups is 1. The SMILES string of the molecule is Cc1ccc(C(C)NC(=O)Nc2cc([N+](=O)[O-])ccc2C)o1. The second-order valence-corrected chi connectivity index (χ2v) is 5.02. The van der Waals surface area contributed by atoms with Crippen LogP contribution in [0.1, 0.15) is 30.0 Å². The minimum atomic E-state index is -0.503. The Bertz CT molecular complexity index is 709. The lowest BCUT2D eigenvalue weighted by molar-refractivity contribution is -0.384. The second-order valence-electron chi connectivity index (χ2n) is 5.02. The van der Waals surface area contributed by atoms with Gasteiger partial charge in [0, 0.05) is 12.1 Å². The van der Waals surface area contributed by atoms with Crippen molar-refractivity contribution in [1.29, 1.82) is 0 Å². The molecule has 0 aliphatic rings. The van der Waals surface area contributed by atoms with E-state index in [0.29, 0.717) is 11.4 Å². The summed E-state index contributed by atoms with van der Waals surface area (Å²) in [6.07, 6.45) is 0. The first kappa shape index (κ1) is 15.6. The smallest absolute Gasteiger partial charge is 0.319 e. The number of hydrogen-bond acceptors (Lipinski definition) is 4. The summed E-state index contributed by atoms with van der Waals surface area (Å²) in [7, 11) is 0. The van der Waals surface area contributed by atoms with Gasteiger partial charge in [-0.3, -0.25) is 10.1 Å². The Labute approximate surface area is 127 Å². The third-order valence-electron chi connectivity index (χ3n) is 3.22. The molecule has 0 saturated heterocycles. The Hall–Kier alpha value is -2.83. The van der Waals surface area contributed by atoms with Crippen LogP contribution in [0.2, 0.25) is 0 Å². The maximum Gasteiger partial charge on any atom is 0.319 e. The maximum absolute atomic E-state index is 12.0. The van der Waals surface area contributed by atoms with E-state index in [4.69, 9.17) is 4.42 Å². The van der Waals surface area contributed by atoms with Gasteiger partial charge in [-0.2, -0.15) is 0 Å². The summed E-state index contributed by atoms with van der Waals surface area (Å²) in [6, 6.07) is 7.16. The number of nitrogens with one attached hydrogen (secondary N) is 2. The van der Waals surface area contributed by atoms with Gasteiger partial charge < -0.3 is 15.1 Å². The third-order valence-corrected chi connectivity index (χ3v) is 3.22. The predicted octanol–water partition coefficient (Wildman–Crippen LogP) is 3.69. The van der Waals surface area contributed by atoms with E-state index in [1.807, 2.05) is 13.0 Å². The van der Waals surface area contributed by atoms with Crippen LogP contribution in [-0.2, 0) is 0 Å². The molecule has 2 amide bonds. The van der Waals surface area contributed by atoms with E-state index in [-0.39, 0.29) is 11.7 Å². The number of carbonyl (C=O) groups excluding carboxylic acids is 1. The third kappa shape index (κ3) is 3.63. The summed E-state index contributed by atoms with van der Waals surface area (Å²) in [5.74, 6) is 1.40. The highest BCUT2D eigenvalue weighted by Crippen LogP contribution is 2.22. The number of anilines is 1. The van der Waals surface area contributed by atoms with Gasteiger partial charge in [-0.15, -0.1) is 0 Å². The number of furan rings is 1. The Morgan fingerprint density at radius 3 is 2.59 bits per heavy atom. The predicted molar refractivity (Wildman–Crippen MR) is 81.8 cm³/mol. The normalized spacial score (nSPS) is 11.8. The Morgan fingerprint density at radius 2 is 2.00 bits per heavy atom. The van der Waals surface area contributed by atoms with Gasteiger partial charge in [0.1, 0.15) is 11.5 Å². The number of rotatable bonds is 4. The summed E-state index contributed by atoms with van der Waals surface area (Å²) < 4.78 is 5.44. The van der Waals surface area contributed by atoms with E-state index in [1.54, 1.807) is 26.0 Å². The van der Waals surface area contributed by atoms with Crippen molar-refractivity contribution in [2.75, 3.05) is 5.32 Å². The van der Waals surface area contributed by atoms with Crippen molar-refractivity contribution in [3.8, 4) is 0 Å². The monoisotopic (exact) mass is 303 g/mol. The summed E-state index contributed by atoms with van der Waals surface area (Å²) in [6.45, 7) is 5.37. The summed E-state index contributed by atoms with van der Waals surface area (Å²) >= 11 is 0. The molecule has 1 heterocycles. The molecule has 0 bridgehead atoms. The van der Waals surface area contributed by atoms with Crippen molar-refractivity contribution >= 4 is 17.4 Å². The van der Waals surface area contributed by atoms with Crippen LogP contribution in [0.5, 0.6) is 0 Å². The lowest BCUT2D eigenvalue weighted by atomic mass is 10.2. The minimum absolute atomic E-state index is 0.0735. The van der Waals surface area contributed by atoms with Crippen molar-refractivity contribution in [2.24, 2.45) is 0 Å². The molecule has 22 heavy (non-hydrogen) atoms. The highest BCUT2D eigenvalue weighted by molar-refractivity contribution is 5.90. The van der Waals surface area contributed by atoms with Gasteiger partial charge in [0.25, 0.3) is 5.69 Å². The number of urea groups is 1. The zero-order chi connectivity index (χ0) is 16.3. The van der Waals surface area contributed by atoms with E-state index in [0.717, 1.165) is 11.3 Å². The van der Waals surface area contributed by atoms with Gasteiger partial charge in [-0.25, -0.2) is 4.79 Å². The highest BCUT2D eigenvalue weighted by Gasteiger charge is 2.15. The van der Waals surface area contributed by atoms with Gasteiger partial charge in [-0.1, -0.05) is 6.07 Å². The average molecular weight is 303 g/mol. The number of aryl methyl sites for hydroxylation is 2. The Kier molecular flexibility index (Phi) is 4.45. The number of non-ortho nitro benzene ring substituents is 1. The van der Waals surface area contributed by atoms with E-state index in [1.165, 1.54) is 12.1 Å². The molecule has 2 aromatic rings. The standard InChI is InChI=1S/C15H17N3O4/c1-9-4-6-12(18(20)21)8-13(9)17-15(19)16-11(3)14-7-5-10(2)22-14/h4-8,11H,1-3H3,(H2,16,17,19). The van der Waals surface area contributed by atoms with Gasteiger partial charge in [0.2, 0.25) is 0 Å². The van der Waals surface area contributed by atoms with Crippen LogP contribution in [0.15, 0.2) is 34.7 Å². The van der Waals surface area contributed by atoms with Crippen LogP contribution >= 0.6 is 0 Å². The molecule has 1 aromatic heterocycles. The summed E-state index contributed by atoms with van der Waals surface area (Å²) in [4.78, 5) is 22.3. The van der Waals surface area contributed by atoms with E-state index in [2.05, 4.69) is 10.6 Å². The number of amides is 2. The first-order valence-corrected chi connectivity index (χ1v) is 6.75. The zero-order valence-corrected chi connectivity index (χ0v) is 12.5. The van der Waals surface area contributed by atoms with Crippen LogP contribution in [0.3, 0.4) is 0 Å². The summed E-state index contributed by atoms with van der Waals surface area (Å²) in [5.41, 5.74) is 1.06. The average Bonchev–Trinajstić information content (AvgIpc) is 2.87. The van der Waals surface area contributed by atoms with Gasteiger partial charge >= 0.3 is 6.03 Å². The molecule has 116 valence electrons. The maximum atomic E-state index is 12.0. The fraction of sp³-hybridized carbons (Fsp3) is 0.267. The minimum Gasteiger partial charge on any atom is -0.464 e. The number of hydrogen-bond donors (Lipinski definition) is 2. The number of carbonyl (C=O) groups is 1. The van der Waals surface area contributed by atoms with Gasteiger partial charge in [-0.05, 0) is 38.5 Å². The van der Waals surface area contributed by atoms with E-state index < -0.39 is 11.0 Å². The molecule has 7 nitrogen and oxygen atoms in total. The van der Waals surface area contributed by atoms with Crippen molar-refractivity contribution in [2.45, 2.75) is 26.8 Å². The van der Waals surface area contributed by atoms with Gasteiger partial charge in [0.15, 0.2) is 0 Å². The molecular weight excluding hydrogens is 286 g/mol. The van der Waals surface area contributed by atoms with E-state index in [9.17, 15) is 14.9 Å². The van der Waals surface area contributed by atoms with Crippen molar-refractivity contribution in [3.05, 3.63) is 57.5 Å². The van der Waals surface area contributed by atoms with Crippen LogP contribution in [-0.4, -0.2) is 11.0 Å². The number of nitro benzene ring substituents is 1. The fourth-order valence-corrected chi connectivity index (χ4v) is 1.97. The number of benzene rings is 1. The fourth-order valence-electron chi connectivity index (χ4n) is 1.97. The quantitative estimate of drug-likeness (QED) is 0.665. The first-order chi connectivity index (χ1) is 10.4. The Morgan fingerprint density at radius 1 is 1.27 bits per heavy atom. The lowest BCUT2D eigenvalue weighted by Crippen LogP contribution is -2.31. The molecule has 1 aromatic carbocycles. The van der Waals surface area contributed by atoms with Gasteiger partial charge in [0.05, 0.1) is 16.7 Å². The molecule has 0 spiro atoms. The molecular formula is C15H17N3O4. The van der Waals surface area contributed by atoms with Crippen LogP contribution in [0.25, 0.3) is 0 Å². The van der Waals surface area contributed by atoms with Crippen LogP contribution in [0, 0.1) is 24.0 Å². The largest absolute Gasteiger partial charge is 0.464 e. The first-order valence-electron chi connectivity index (χ1n) is 6.75. The molecule has 0 aliphatic heterocycles. The highest BCUT2D eigenvalue weighted by atomic mass is 16.6. The lowest BCUT2D eigenvalue weighted by Gasteiger charge is -2.13.